The van der Waals surface area contributed by atoms with E-state index >= 15 is 0 Å². The van der Waals surface area contributed by atoms with Gasteiger partial charge in [-0.05, 0) is 13.8 Å². The first-order valence-electron chi connectivity index (χ1n) is 6.24. The van der Waals surface area contributed by atoms with Crippen LogP contribution in [-0.2, 0) is 30.8 Å². The highest BCUT2D eigenvalue weighted by Crippen LogP contribution is 2.22. The van der Waals surface area contributed by atoms with E-state index in [0.717, 1.165) is 17.1 Å². The largest absolute Gasteiger partial charge is 0.480 e. The summed E-state index contributed by atoms with van der Waals surface area (Å²) >= 11 is 0. The molecule has 21 heavy (non-hydrogen) atoms. The fraction of sp³-hybridized carbons (Fsp3) is 0.636. The maximum absolute atomic E-state index is 12.0. The summed E-state index contributed by atoms with van der Waals surface area (Å²) in [5.41, 5.74) is 0. The molecule has 1 aliphatic rings. The van der Waals surface area contributed by atoms with E-state index in [9.17, 15) is 13.2 Å². The summed E-state index contributed by atoms with van der Waals surface area (Å²) in [7, 11) is -3.76. The maximum atomic E-state index is 12.0. The molecule has 1 unspecified atom stereocenters. The topological polar surface area (TPSA) is 120 Å². The van der Waals surface area contributed by atoms with Crippen molar-refractivity contribution >= 4 is 16.0 Å². The number of carboxylic acids is 1. The number of nitrogens with zero attached hydrogens (tertiary/aromatic N) is 2. The molecular weight excluding hydrogens is 302 g/mol. The predicted molar refractivity (Wildman–Crippen MR) is 70.0 cm³/mol. The van der Waals surface area contributed by atoms with Crippen molar-refractivity contribution < 1.29 is 27.8 Å². The molecule has 2 rings (SSSR count). The van der Waals surface area contributed by atoms with Crippen LogP contribution in [0.4, 0.5) is 0 Å². The third-order valence-corrected chi connectivity index (χ3v) is 4.16. The average molecular weight is 319 g/mol. The van der Waals surface area contributed by atoms with Crippen molar-refractivity contribution in [2.75, 3.05) is 13.2 Å². The molecule has 1 atom stereocenters. The summed E-state index contributed by atoms with van der Waals surface area (Å²) in [4.78, 5) is 10.4. The Morgan fingerprint density at radius 2 is 2.33 bits per heavy atom. The van der Waals surface area contributed by atoms with Crippen molar-refractivity contribution in [1.29, 1.82) is 0 Å². The van der Waals surface area contributed by atoms with Crippen molar-refractivity contribution in [3.63, 3.8) is 0 Å². The van der Waals surface area contributed by atoms with Crippen LogP contribution in [0.5, 0.6) is 0 Å². The van der Waals surface area contributed by atoms with Crippen LogP contribution in [0.15, 0.2) is 17.3 Å². The molecule has 1 aromatic heterocycles. The van der Waals surface area contributed by atoms with Crippen LogP contribution < -0.4 is 4.72 Å². The van der Waals surface area contributed by atoms with Crippen LogP contribution in [-0.4, -0.2) is 54.3 Å². The minimum absolute atomic E-state index is 0.0654. The maximum Gasteiger partial charge on any atom is 0.325 e. The third-order valence-electron chi connectivity index (χ3n) is 2.79. The van der Waals surface area contributed by atoms with Crippen molar-refractivity contribution in [3.05, 3.63) is 12.4 Å². The van der Waals surface area contributed by atoms with E-state index in [1.54, 1.807) is 13.8 Å². The quantitative estimate of drug-likeness (QED) is 0.718. The molecule has 1 fully saturated rings. The third kappa shape index (κ3) is 4.24. The van der Waals surface area contributed by atoms with Crippen molar-refractivity contribution in [2.45, 2.75) is 37.2 Å². The predicted octanol–water partition coefficient (Wildman–Crippen LogP) is -0.602. The standard InChI is InChI=1S/C11H17N3O6S/c1-11(2)19-7-8(20-11)3-13-21(17,18)9-4-12-14(5-9)6-10(15)16/h4-5,8,13H,3,6-7H2,1-2H3,(H,15,16). The first-order chi connectivity index (χ1) is 9.68. The van der Waals surface area contributed by atoms with Gasteiger partial charge in [0.05, 0.1) is 18.9 Å². The number of rotatable bonds is 6. The number of sulfonamides is 1. The normalized spacial score (nSPS) is 21.5. The Labute approximate surface area is 121 Å². The number of hydrogen-bond donors (Lipinski definition) is 2. The van der Waals surface area contributed by atoms with Crippen molar-refractivity contribution in [3.8, 4) is 0 Å². The minimum atomic E-state index is -3.76. The van der Waals surface area contributed by atoms with E-state index in [2.05, 4.69) is 9.82 Å². The number of carbonyl (C=O) groups is 1. The molecule has 0 saturated carbocycles. The molecule has 1 aromatic rings. The van der Waals surface area contributed by atoms with Gasteiger partial charge in [-0.3, -0.25) is 9.48 Å². The molecule has 0 spiro atoms. The fourth-order valence-corrected chi connectivity index (χ4v) is 2.88. The number of aromatic nitrogens is 2. The fourth-order valence-electron chi connectivity index (χ4n) is 1.86. The Hall–Kier alpha value is -1.49. The Kier molecular flexibility index (Phi) is 4.33. The highest BCUT2D eigenvalue weighted by atomic mass is 32.2. The molecule has 0 bridgehead atoms. The van der Waals surface area contributed by atoms with Gasteiger partial charge in [-0.1, -0.05) is 0 Å². The zero-order valence-corrected chi connectivity index (χ0v) is 12.5. The molecule has 0 aliphatic carbocycles. The van der Waals surface area contributed by atoms with E-state index in [0.29, 0.717) is 6.61 Å². The van der Waals surface area contributed by atoms with E-state index in [1.165, 1.54) is 0 Å². The first-order valence-corrected chi connectivity index (χ1v) is 7.72. The number of ether oxygens (including phenoxy) is 2. The van der Waals surface area contributed by atoms with Crippen LogP contribution in [0.1, 0.15) is 13.8 Å². The van der Waals surface area contributed by atoms with Gasteiger partial charge in [-0.2, -0.15) is 5.10 Å². The van der Waals surface area contributed by atoms with E-state index in [-0.39, 0.29) is 17.5 Å². The van der Waals surface area contributed by atoms with E-state index in [1.807, 2.05) is 0 Å². The molecule has 1 saturated heterocycles. The summed E-state index contributed by atoms with van der Waals surface area (Å²) in [5, 5.41) is 12.3. The molecular formula is C11H17N3O6S. The molecule has 0 amide bonds. The van der Waals surface area contributed by atoms with Gasteiger partial charge in [0, 0.05) is 12.7 Å². The average Bonchev–Trinajstić information content (AvgIpc) is 2.93. The van der Waals surface area contributed by atoms with Crippen LogP contribution in [0.2, 0.25) is 0 Å². The second kappa shape index (κ2) is 5.72. The lowest BCUT2D eigenvalue weighted by Gasteiger charge is -2.17. The van der Waals surface area contributed by atoms with Gasteiger partial charge in [-0.15, -0.1) is 0 Å². The molecule has 9 nitrogen and oxygen atoms in total. The lowest BCUT2D eigenvalue weighted by atomic mass is 10.4. The van der Waals surface area contributed by atoms with Gasteiger partial charge >= 0.3 is 5.97 Å². The summed E-state index contributed by atoms with van der Waals surface area (Å²) in [6, 6.07) is 0. The first kappa shape index (κ1) is 15.9. The zero-order chi connectivity index (χ0) is 15.7. The van der Waals surface area contributed by atoms with Crippen LogP contribution in [0.3, 0.4) is 0 Å². The van der Waals surface area contributed by atoms with Crippen molar-refractivity contribution in [2.24, 2.45) is 0 Å². The lowest BCUT2D eigenvalue weighted by molar-refractivity contribution is -0.138. The molecule has 10 heteroatoms. The summed E-state index contributed by atoms with van der Waals surface area (Å²) in [6.07, 6.45) is 1.89. The second-order valence-electron chi connectivity index (χ2n) is 5.07. The summed E-state index contributed by atoms with van der Waals surface area (Å²) in [5.74, 6) is -1.82. The molecule has 118 valence electrons. The molecule has 0 radical (unpaired) electrons. The van der Waals surface area contributed by atoms with E-state index < -0.39 is 28.3 Å². The van der Waals surface area contributed by atoms with Crippen LogP contribution >= 0.6 is 0 Å². The highest BCUT2D eigenvalue weighted by molar-refractivity contribution is 7.89. The molecule has 1 aliphatic heterocycles. The monoisotopic (exact) mass is 319 g/mol. The van der Waals surface area contributed by atoms with Gasteiger partial charge in [0.15, 0.2) is 5.79 Å². The molecule has 2 heterocycles. The van der Waals surface area contributed by atoms with Gasteiger partial charge in [-0.25, -0.2) is 13.1 Å². The highest BCUT2D eigenvalue weighted by Gasteiger charge is 2.33. The summed E-state index contributed by atoms with van der Waals surface area (Å²) in [6.45, 7) is 3.46. The number of nitrogens with one attached hydrogen (secondary N) is 1. The van der Waals surface area contributed by atoms with E-state index in [4.69, 9.17) is 14.6 Å². The Balaban J connectivity index is 1.95. The zero-order valence-electron chi connectivity index (χ0n) is 11.6. The SMILES string of the molecule is CC1(C)OCC(CNS(=O)(=O)c2cnn(CC(=O)O)c2)O1. The smallest absolute Gasteiger partial charge is 0.325 e. The molecule has 0 aromatic carbocycles. The minimum Gasteiger partial charge on any atom is -0.480 e. The Morgan fingerprint density at radius 3 is 2.90 bits per heavy atom. The van der Waals surface area contributed by atoms with Crippen LogP contribution in [0.25, 0.3) is 0 Å². The Morgan fingerprint density at radius 1 is 1.62 bits per heavy atom. The number of hydrogen-bond acceptors (Lipinski definition) is 6. The van der Waals surface area contributed by atoms with Crippen molar-refractivity contribution in [1.82, 2.24) is 14.5 Å². The lowest BCUT2D eigenvalue weighted by Crippen LogP contribution is -2.34. The van der Waals surface area contributed by atoms with Gasteiger partial charge in [0.25, 0.3) is 0 Å². The number of aliphatic carboxylic acids is 1. The molecule has 2 N–H and O–H groups in total. The summed E-state index contributed by atoms with van der Waals surface area (Å²) < 4.78 is 38.3. The Bertz CT molecular complexity index is 624. The number of carboxylic acid groups (broad SMARTS) is 1. The van der Waals surface area contributed by atoms with Crippen LogP contribution in [0, 0.1) is 0 Å². The van der Waals surface area contributed by atoms with Gasteiger partial charge < -0.3 is 14.6 Å². The van der Waals surface area contributed by atoms with Gasteiger partial charge in [0.1, 0.15) is 11.4 Å². The second-order valence-corrected chi connectivity index (χ2v) is 6.84. The van der Waals surface area contributed by atoms with Gasteiger partial charge in [0.2, 0.25) is 10.0 Å².